The first kappa shape index (κ1) is 22.6. The molecule has 0 spiro atoms. The van der Waals surface area contributed by atoms with Crippen LogP contribution in [0.15, 0.2) is 72.8 Å². The van der Waals surface area contributed by atoms with Crippen LogP contribution in [0.4, 0.5) is 11.4 Å². The van der Waals surface area contributed by atoms with E-state index in [1.807, 2.05) is 13.0 Å². The first-order chi connectivity index (χ1) is 15.4. The molecule has 1 atom stereocenters. The van der Waals surface area contributed by atoms with E-state index >= 15 is 0 Å². The summed E-state index contributed by atoms with van der Waals surface area (Å²) < 4.78 is 10.9. The van der Waals surface area contributed by atoms with Gasteiger partial charge in [0.1, 0.15) is 5.75 Å². The van der Waals surface area contributed by atoms with Crippen LogP contribution in [0.1, 0.15) is 34.5 Å². The maximum absolute atomic E-state index is 13.2. The van der Waals surface area contributed by atoms with Gasteiger partial charge in [0.15, 0.2) is 0 Å². The zero-order valence-electron chi connectivity index (χ0n) is 18.0. The molecule has 3 aromatic rings. The lowest BCUT2D eigenvalue weighted by Crippen LogP contribution is -2.26. The number of esters is 1. The maximum Gasteiger partial charge on any atom is 0.339 e. The number of hydrogen-bond donors (Lipinski definition) is 2. The van der Waals surface area contributed by atoms with E-state index in [0.717, 1.165) is 5.56 Å². The molecule has 2 amide bonds. The van der Waals surface area contributed by atoms with Gasteiger partial charge in [0.2, 0.25) is 12.0 Å². The van der Waals surface area contributed by atoms with E-state index in [9.17, 15) is 14.4 Å². The van der Waals surface area contributed by atoms with Crippen molar-refractivity contribution in [1.29, 1.82) is 0 Å². The van der Waals surface area contributed by atoms with Crippen LogP contribution >= 0.6 is 0 Å². The standard InChI is InChI=1S/C25H24N2O5/c1-16-12-13-22(31-3)21(14-16)27-24(29)23(18-8-5-4-6-9-18)32-25(30)19-10-7-11-20(15-19)26-17(2)28/h4-15,23H,1-3H3,(H,26,28)(H,27,29). The minimum atomic E-state index is -1.20. The molecule has 2 N–H and O–H groups in total. The van der Waals surface area contributed by atoms with Crippen LogP contribution in [-0.2, 0) is 14.3 Å². The molecule has 0 heterocycles. The van der Waals surface area contributed by atoms with E-state index in [1.165, 1.54) is 20.1 Å². The molecule has 0 aliphatic heterocycles. The number of aryl methyl sites for hydroxylation is 1. The summed E-state index contributed by atoms with van der Waals surface area (Å²) in [4.78, 5) is 37.3. The summed E-state index contributed by atoms with van der Waals surface area (Å²) in [7, 11) is 1.51. The average molecular weight is 432 g/mol. The lowest BCUT2D eigenvalue weighted by atomic mass is 10.1. The van der Waals surface area contributed by atoms with Gasteiger partial charge in [-0.25, -0.2) is 4.79 Å². The Balaban J connectivity index is 1.87. The molecule has 0 saturated carbocycles. The van der Waals surface area contributed by atoms with Crippen LogP contribution in [-0.4, -0.2) is 24.9 Å². The predicted molar refractivity (Wildman–Crippen MR) is 122 cm³/mol. The molecular weight excluding hydrogens is 408 g/mol. The number of nitrogens with one attached hydrogen (secondary N) is 2. The molecule has 3 aromatic carbocycles. The number of methoxy groups -OCH3 is 1. The summed E-state index contributed by atoms with van der Waals surface area (Å²) in [6.07, 6.45) is -1.20. The van der Waals surface area contributed by atoms with Crippen molar-refractivity contribution in [2.24, 2.45) is 0 Å². The van der Waals surface area contributed by atoms with Gasteiger partial charge in [-0.2, -0.15) is 0 Å². The van der Waals surface area contributed by atoms with Crippen LogP contribution in [0.2, 0.25) is 0 Å². The average Bonchev–Trinajstić information content (AvgIpc) is 2.77. The first-order valence-electron chi connectivity index (χ1n) is 9.96. The second-order valence-corrected chi connectivity index (χ2v) is 7.15. The Morgan fingerprint density at radius 2 is 1.62 bits per heavy atom. The third-order valence-corrected chi connectivity index (χ3v) is 4.60. The van der Waals surface area contributed by atoms with E-state index in [-0.39, 0.29) is 11.5 Å². The van der Waals surface area contributed by atoms with Gasteiger partial charge in [-0.05, 0) is 42.8 Å². The Labute approximate surface area is 186 Å². The number of benzene rings is 3. The molecule has 1 unspecified atom stereocenters. The molecular formula is C25H24N2O5. The monoisotopic (exact) mass is 432 g/mol. The summed E-state index contributed by atoms with van der Waals surface area (Å²) >= 11 is 0. The van der Waals surface area contributed by atoms with E-state index < -0.39 is 18.0 Å². The minimum Gasteiger partial charge on any atom is -0.495 e. The minimum absolute atomic E-state index is 0.207. The highest BCUT2D eigenvalue weighted by Gasteiger charge is 2.26. The SMILES string of the molecule is COc1ccc(C)cc1NC(=O)C(OC(=O)c1cccc(NC(C)=O)c1)c1ccccc1. The van der Waals surface area contributed by atoms with Crippen LogP contribution in [0.25, 0.3) is 0 Å². The predicted octanol–water partition coefficient (Wildman–Crippen LogP) is 4.50. The van der Waals surface area contributed by atoms with Crippen LogP contribution < -0.4 is 15.4 Å². The normalized spacial score (nSPS) is 11.2. The third-order valence-electron chi connectivity index (χ3n) is 4.60. The zero-order chi connectivity index (χ0) is 23.1. The van der Waals surface area contributed by atoms with Gasteiger partial charge in [0, 0.05) is 18.2 Å². The maximum atomic E-state index is 13.2. The third kappa shape index (κ3) is 5.72. The van der Waals surface area contributed by atoms with Crippen LogP contribution in [0.5, 0.6) is 5.75 Å². The molecule has 32 heavy (non-hydrogen) atoms. The van der Waals surface area contributed by atoms with Gasteiger partial charge in [0.25, 0.3) is 5.91 Å². The van der Waals surface area contributed by atoms with E-state index in [4.69, 9.17) is 9.47 Å². The molecule has 0 bridgehead atoms. The van der Waals surface area contributed by atoms with E-state index in [2.05, 4.69) is 10.6 Å². The first-order valence-corrected chi connectivity index (χ1v) is 9.96. The molecule has 0 aliphatic carbocycles. The molecule has 0 saturated heterocycles. The van der Waals surface area contributed by atoms with Gasteiger partial charge < -0.3 is 20.1 Å². The summed E-state index contributed by atoms with van der Waals surface area (Å²) in [5.41, 5.74) is 2.59. The van der Waals surface area contributed by atoms with Gasteiger partial charge in [-0.15, -0.1) is 0 Å². The second kappa shape index (κ2) is 10.3. The van der Waals surface area contributed by atoms with Crippen molar-refractivity contribution in [3.63, 3.8) is 0 Å². The molecule has 164 valence electrons. The fourth-order valence-corrected chi connectivity index (χ4v) is 3.12. The molecule has 7 heteroatoms. The quantitative estimate of drug-likeness (QED) is 0.536. The Morgan fingerprint density at radius 3 is 2.31 bits per heavy atom. The number of ether oxygens (including phenoxy) is 2. The Hall–Kier alpha value is -4.13. The molecule has 0 fully saturated rings. The van der Waals surface area contributed by atoms with E-state index in [0.29, 0.717) is 22.7 Å². The van der Waals surface area contributed by atoms with E-state index in [1.54, 1.807) is 60.7 Å². The Bertz CT molecular complexity index is 1130. The van der Waals surface area contributed by atoms with Crippen molar-refractivity contribution < 1.29 is 23.9 Å². The van der Waals surface area contributed by atoms with Crippen molar-refractivity contribution in [3.8, 4) is 5.75 Å². The number of anilines is 2. The topological polar surface area (TPSA) is 93.7 Å². The molecule has 0 aromatic heterocycles. The number of carbonyl (C=O) groups is 3. The highest BCUT2D eigenvalue weighted by Crippen LogP contribution is 2.28. The van der Waals surface area contributed by atoms with Crippen molar-refractivity contribution in [3.05, 3.63) is 89.5 Å². The van der Waals surface area contributed by atoms with Crippen LogP contribution in [0.3, 0.4) is 0 Å². The van der Waals surface area contributed by atoms with Crippen LogP contribution in [0, 0.1) is 6.92 Å². The number of hydrogen-bond acceptors (Lipinski definition) is 5. The summed E-state index contributed by atoms with van der Waals surface area (Å²) in [6.45, 7) is 3.27. The smallest absolute Gasteiger partial charge is 0.339 e. The lowest BCUT2D eigenvalue weighted by molar-refractivity contribution is -0.125. The lowest BCUT2D eigenvalue weighted by Gasteiger charge is -2.19. The summed E-state index contributed by atoms with van der Waals surface area (Å²) in [5.74, 6) is -0.988. The van der Waals surface area contributed by atoms with Crippen molar-refractivity contribution >= 4 is 29.2 Å². The fraction of sp³-hybridized carbons (Fsp3) is 0.160. The van der Waals surface area contributed by atoms with Gasteiger partial charge in [-0.3, -0.25) is 9.59 Å². The summed E-state index contributed by atoms with van der Waals surface area (Å²) in [6, 6.07) is 20.5. The second-order valence-electron chi connectivity index (χ2n) is 7.15. The number of rotatable bonds is 7. The van der Waals surface area contributed by atoms with Gasteiger partial charge in [-0.1, -0.05) is 42.5 Å². The van der Waals surface area contributed by atoms with Crippen molar-refractivity contribution in [1.82, 2.24) is 0 Å². The summed E-state index contributed by atoms with van der Waals surface area (Å²) in [5, 5.41) is 5.42. The van der Waals surface area contributed by atoms with Crippen molar-refractivity contribution in [2.75, 3.05) is 17.7 Å². The largest absolute Gasteiger partial charge is 0.495 e. The molecule has 3 rings (SSSR count). The fourth-order valence-electron chi connectivity index (χ4n) is 3.12. The Kier molecular flexibility index (Phi) is 7.23. The molecule has 0 aliphatic rings. The van der Waals surface area contributed by atoms with Crippen molar-refractivity contribution in [2.45, 2.75) is 20.0 Å². The molecule has 7 nitrogen and oxygen atoms in total. The number of amides is 2. The highest BCUT2D eigenvalue weighted by atomic mass is 16.5. The zero-order valence-corrected chi connectivity index (χ0v) is 18.0. The number of carbonyl (C=O) groups excluding carboxylic acids is 3. The molecule has 0 radical (unpaired) electrons. The Morgan fingerprint density at radius 1 is 0.875 bits per heavy atom. The van der Waals surface area contributed by atoms with Gasteiger partial charge >= 0.3 is 5.97 Å². The van der Waals surface area contributed by atoms with Gasteiger partial charge in [0.05, 0.1) is 18.4 Å². The highest BCUT2D eigenvalue weighted by molar-refractivity contribution is 5.99.